The summed E-state index contributed by atoms with van der Waals surface area (Å²) in [5.41, 5.74) is 1.98. The van der Waals surface area contributed by atoms with E-state index in [0.29, 0.717) is 12.8 Å². The second kappa shape index (κ2) is 6.19. The Morgan fingerprint density at radius 1 is 0.750 bits per heavy atom. The van der Waals surface area contributed by atoms with E-state index in [4.69, 9.17) is 10.2 Å². The summed E-state index contributed by atoms with van der Waals surface area (Å²) in [4.78, 5) is 21.4. The van der Waals surface area contributed by atoms with Crippen LogP contribution in [0.4, 0.5) is 0 Å². The molecule has 104 valence electrons. The molecule has 0 fully saturated rings. The first kappa shape index (κ1) is 14.1. The van der Waals surface area contributed by atoms with Gasteiger partial charge in [0, 0.05) is 12.8 Å². The van der Waals surface area contributed by atoms with Gasteiger partial charge in [-0.2, -0.15) is 0 Å². The summed E-state index contributed by atoms with van der Waals surface area (Å²) < 4.78 is 0. The zero-order valence-electron chi connectivity index (χ0n) is 11.0. The van der Waals surface area contributed by atoms with Crippen molar-refractivity contribution in [2.45, 2.75) is 25.7 Å². The van der Waals surface area contributed by atoms with Crippen LogP contribution in [-0.4, -0.2) is 22.2 Å². The number of hydrogen-bond acceptors (Lipinski definition) is 2. The van der Waals surface area contributed by atoms with Gasteiger partial charge in [0.1, 0.15) is 0 Å². The lowest BCUT2D eigenvalue weighted by Crippen LogP contribution is -2.01. The summed E-state index contributed by atoms with van der Waals surface area (Å²) >= 11 is 0. The van der Waals surface area contributed by atoms with E-state index < -0.39 is 11.9 Å². The minimum absolute atomic E-state index is 0.0957. The predicted octanol–water partition coefficient (Wildman–Crippen LogP) is 2.87. The molecule has 0 aliphatic rings. The fraction of sp³-hybridized carbons (Fsp3) is 0.250. The molecule has 0 spiro atoms. The van der Waals surface area contributed by atoms with Gasteiger partial charge in [0.2, 0.25) is 0 Å². The van der Waals surface area contributed by atoms with Crippen molar-refractivity contribution in [1.82, 2.24) is 0 Å². The average Bonchev–Trinajstić information content (AvgIpc) is 2.43. The van der Waals surface area contributed by atoms with E-state index in [0.717, 1.165) is 21.9 Å². The van der Waals surface area contributed by atoms with Crippen LogP contribution in [0.15, 0.2) is 36.4 Å². The van der Waals surface area contributed by atoms with Gasteiger partial charge >= 0.3 is 11.9 Å². The summed E-state index contributed by atoms with van der Waals surface area (Å²) in [5.74, 6) is -1.63. The zero-order chi connectivity index (χ0) is 14.5. The first-order valence-electron chi connectivity index (χ1n) is 6.51. The van der Waals surface area contributed by atoms with Gasteiger partial charge in [-0.1, -0.05) is 36.4 Å². The number of rotatable bonds is 6. The molecule has 2 aromatic carbocycles. The van der Waals surface area contributed by atoms with Gasteiger partial charge in [-0.15, -0.1) is 0 Å². The number of hydrogen-bond donors (Lipinski definition) is 2. The summed E-state index contributed by atoms with van der Waals surface area (Å²) in [6.07, 6.45) is 1.15. The van der Waals surface area contributed by atoms with E-state index in [9.17, 15) is 9.59 Å². The summed E-state index contributed by atoms with van der Waals surface area (Å²) in [5, 5.41) is 19.6. The third-order valence-electron chi connectivity index (χ3n) is 3.32. The first-order chi connectivity index (χ1) is 9.58. The van der Waals surface area contributed by atoms with Gasteiger partial charge < -0.3 is 10.2 Å². The lowest BCUT2D eigenvalue weighted by Gasteiger charge is -2.10. The van der Waals surface area contributed by atoms with Gasteiger partial charge in [-0.05, 0) is 34.7 Å². The maximum Gasteiger partial charge on any atom is 0.303 e. The minimum Gasteiger partial charge on any atom is -0.481 e. The first-order valence-corrected chi connectivity index (χ1v) is 6.51. The van der Waals surface area contributed by atoms with E-state index >= 15 is 0 Å². The molecule has 0 saturated heterocycles. The van der Waals surface area contributed by atoms with Crippen molar-refractivity contribution < 1.29 is 19.8 Å². The molecule has 0 atom stereocenters. The fourth-order valence-corrected chi connectivity index (χ4v) is 2.34. The number of aliphatic carboxylic acids is 2. The van der Waals surface area contributed by atoms with Crippen LogP contribution in [0.3, 0.4) is 0 Å². The van der Waals surface area contributed by atoms with Crippen LogP contribution in [0.5, 0.6) is 0 Å². The normalized spacial score (nSPS) is 10.6. The lowest BCUT2D eigenvalue weighted by molar-refractivity contribution is -0.138. The molecule has 0 unspecified atom stereocenters. The van der Waals surface area contributed by atoms with E-state index in [1.807, 2.05) is 36.4 Å². The average molecular weight is 272 g/mol. The molecule has 0 amide bonds. The second-order valence-corrected chi connectivity index (χ2v) is 4.72. The van der Waals surface area contributed by atoms with Crippen molar-refractivity contribution in [3.63, 3.8) is 0 Å². The number of carbonyl (C=O) groups is 2. The number of benzene rings is 2. The van der Waals surface area contributed by atoms with Crippen molar-refractivity contribution in [2.75, 3.05) is 0 Å². The lowest BCUT2D eigenvalue weighted by atomic mass is 9.95. The van der Waals surface area contributed by atoms with Gasteiger partial charge in [-0.25, -0.2) is 0 Å². The van der Waals surface area contributed by atoms with Crippen LogP contribution in [0, 0.1) is 0 Å². The molecule has 4 heteroatoms. The van der Waals surface area contributed by atoms with Crippen molar-refractivity contribution in [3.8, 4) is 0 Å². The number of carboxylic acids is 2. The Kier molecular flexibility index (Phi) is 4.35. The monoisotopic (exact) mass is 272 g/mol. The van der Waals surface area contributed by atoms with Gasteiger partial charge in [0.15, 0.2) is 0 Å². The molecule has 2 N–H and O–H groups in total. The van der Waals surface area contributed by atoms with Crippen molar-refractivity contribution in [2.24, 2.45) is 0 Å². The number of fused-ring (bicyclic) bond motifs is 1. The van der Waals surface area contributed by atoms with Gasteiger partial charge in [0.05, 0.1) is 0 Å². The van der Waals surface area contributed by atoms with E-state index in [2.05, 4.69) is 0 Å². The predicted molar refractivity (Wildman–Crippen MR) is 75.9 cm³/mol. The molecule has 0 heterocycles. The van der Waals surface area contributed by atoms with E-state index in [1.165, 1.54) is 0 Å². The molecule has 2 aromatic rings. The Bertz CT molecular complexity index is 589. The Morgan fingerprint density at radius 3 is 1.50 bits per heavy atom. The van der Waals surface area contributed by atoms with Crippen LogP contribution >= 0.6 is 0 Å². The Balaban J connectivity index is 2.36. The molecule has 0 bridgehead atoms. The van der Waals surface area contributed by atoms with Crippen molar-refractivity contribution >= 4 is 22.7 Å². The molecule has 2 rings (SSSR count). The maximum atomic E-state index is 10.7. The zero-order valence-corrected chi connectivity index (χ0v) is 11.0. The van der Waals surface area contributed by atoms with E-state index in [-0.39, 0.29) is 12.8 Å². The minimum atomic E-state index is -0.816. The molecule has 4 nitrogen and oxygen atoms in total. The van der Waals surface area contributed by atoms with Crippen LogP contribution in [0.2, 0.25) is 0 Å². The smallest absolute Gasteiger partial charge is 0.303 e. The van der Waals surface area contributed by atoms with Crippen LogP contribution in [0.25, 0.3) is 10.8 Å². The molecule has 0 radical (unpaired) electrons. The topological polar surface area (TPSA) is 74.6 Å². The number of carboxylic acid groups (broad SMARTS) is 2. The highest BCUT2D eigenvalue weighted by molar-refractivity contribution is 5.89. The quantitative estimate of drug-likeness (QED) is 0.848. The number of aryl methyl sites for hydroxylation is 2. The third kappa shape index (κ3) is 3.35. The molecule has 0 aromatic heterocycles. The van der Waals surface area contributed by atoms with Crippen LogP contribution in [-0.2, 0) is 22.4 Å². The van der Waals surface area contributed by atoms with Crippen molar-refractivity contribution in [1.29, 1.82) is 0 Å². The highest BCUT2D eigenvalue weighted by atomic mass is 16.4. The molecular formula is C16H16O4. The molecule has 20 heavy (non-hydrogen) atoms. The van der Waals surface area contributed by atoms with E-state index in [1.54, 1.807) is 0 Å². The highest BCUT2D eigenvalue weighted by Crippen LogP contribution is 2.25. The highest BCUT2D eigenvalue weighted by Gasteiger charge is 2.08. The summed E-state index contributed by atoms with van der Waals surface area (Å²) in [6, 6.07) is 11.5. The maximum absolute atomic E-state index is 10.7. The second-order valence-electron chi connectivity index (χ2n) is 4.72. The SMILES string of the molecule is O=C(O)CCc1ccc(CCC(=O)O)c2ccccc12. The molecule has 0 aliphatic heterocycles. The third-order valence-corrected chi connectivity index (χ3v) is 3.32. The fourth-order valence-electron chi connectivity index (χ4n) is 2.34. The summed E-state index contributed by atoms with van der Waals surface area (Å²) in [6.45, 7) is 0. The largest absolute Gasteiger partial charge is 0.481 e. The van der Waals surface area contributed by atoms with Gasteiger partial charge in [-0.3, -0.25) is 9.59 Å². The van der Waals surface area contributed by atoms with Crippen LogP contribution in [0.1, 0.15) is 24.0 Å². The molecule has 0 aliphatic carbocycles. The van der Waals surface area contributed by atoms with Gasteiger partial charge in [0.25, 0.3) is 0 Å². The Morgan fingerprint density at radius 2 is 1.15 bits per heavy atom. The van der Waals surface area contributed by atoms with Crippen molar-refractivity contribution in [3.05, 3.63) is 47.5 Å². The Labute approximate surface area is 116 Å². The Hall–Kier alpha value is -2.36. The standard InChI is InChI=1S/C16H16O4/c17-15(18)9-7-11-5-6-12(8-10-16(19)20)14-4-2-1-3-13(11)14/h1-6H,7-10H2,(H,17,18)(H,19,20). The molecule has 0 saturated carbocycles. The molecular weight excluding hydrogens is 256 g/mol. The van der Waals surface area contributed by atoms with Crippen LogP contribution < -0.4 is 0 Å². The summed E-state index contributed by atoms with van der Waals surface area (Å²) in [7, 11) is 0.